The zero-order valence-corrected chi connectivity index (χ0v) is 41.3. The molecule has 2 atom stereocenters. The van der Waals surface area contributed by atoms with E-state index in [0.29, 0.717) is 26.1 Å². The fourth-order valence-electron chi connectivity index (χ4n) is 8.21. The first kappa shape index (κ1) is 48.3. The maximum atomic E-state index is 6.95. The summed E-state index contributed by atoms with van der Waals surface area (Å²) in [7, 11) is 3.59. The minimum Gasteiger partial charge on any atom is -0.488 e. The number of ether oxygens (including phenoxy) is 4. The number of hydrogen-bond acceptors (Lipinski definition) is 4. The molecule has 0 saturated heterocycles. The Hall–Kier alpha value is -5.16. The smallest absolute Gasteiger partial charge is 0.130 e. The van der Waals surface area contributed by atoms with E-state index in [1.807, 2.05) is 12.1 Å². The summed E-state index contributed by atoms with van der Waals surface area (Å²) in [6.07, 6.45) is 0.571. The van der Waals surface area contributed by atoms with E-state index in [2.05, 4.69) is 204 Å². The molecule has 4 heteroatoms. The third kappa shape index (κ3) is 12.1. The van der Waals surface area contributed by atoms with Crippen molar-refractivity contribution in [2.75, 3.05) is 14.2 Å². The second-order valence-electron chi connectivity index (χ2n) is 21.7. The number of rotatable bonds is 15. The minimum absolute atomic E-state index is 0.0310. The lowest BCUT2D eigenvalue weighted by Crippen LogP contribution is -2.34. The average Bonchev–Trinajstić information content (AvgIpc) is 3.25. The predicted octanol–water partition coefficient (Wildman–Crippen LogP) is 15.2. The van der Waals surface area contributed by atoms with E-state index in [0.717, 1.165) is 56.0 Å². The van der Waals surface area contributed by atoms with Crippen molar-refractivity contribution in [2.24, 2.45) is 0 Å². The van der Waals surface area contributed by atoms with Gasteiger partial charge >= 0.3 is 0 Å². The van der Waals surface area contributed by atoms with Crippen LogP contribution >= 0.6 is 0 Å². The summed E-state index contributed by atoms with van der Waals surface area (Å²) in [4.78, 5) is 0. The molecule has 0 bridgehead atoms. The van der Waals surface area contributed by atoms with Crippen molar-refractivity contribution in [3.63, 3.8) is 0 Å². The first-order valence-electron chi connectivity index (χ1n) is 23.1. The molecule has 0 N–H and O–H groups in total. The van der Waals surface area contributed by atoms with Crippen LogP contribution in [-0.2, 0) is 57.2 Å². The molecule has 0 aliphatic rings. The molecule has 0 spiro atoms. The van der Waals surface area contributed by atoms with Gasteiger partial charge in [0.2, 0.25) is 0 Å². The molecular formula is C60H74O4. The number of para-hydroxylation sites is 2. The fraction of sp³-hybridized carbons (Fsp3) is 0.400. The highest BCUT2D eigenvalue weighted by molar-refractivity contribution is 5.75. The molecule has 0 aliphatic carbocycles. The van der Waals surface area contributed by atoms with Crippen molar-refractivity contribution in [2.45, 2.75) is 143 Å². The Bertz CT molecular complexity index is 2210. The van der Waals surface area contributed by atoms with Crippen LogP contribution in [-0.4, -0.2) is 26.4 Å². The number of methoxy groups -OCH3 is 2. The zero-order valence-electron chi connectivity index (χ0n) is 41.3. The first-order chi connectivity index (χ1) is 30.1. The Labute approximate surface area is 386 Å². The van der Waals surface area contributed by atoms with E-state index < -0.39 is 0 Å². The Balaban J connectivity index is 1.43. The second kappa shape index (κ2) is 19.9. The van der Waals surface area contributed by atoms with Crippen molar-refractivity contribution in [1.82, 2.24) is 0 Å². The van der Waals surface area contributed by atoms with Crippen molar-refractivity contribution in [3.8, 4) is 33.8 Å². The molecule has 0 radical (unpaired) electrons. The topological polar surface area (TPSA) is 36.9 Å². The largest absolute Gasteiger partial charge is 0.488 e. The van der Waals surface area contributed by atoms with E-state index in [4.69, 9.17) is 18.9 Å². The molecule has 4 nitrogen and oxygen atoms in total. The summed E-state index contributed by atoms with van der Waals surface area (Å²) < 4.78 is 26.8. The van der Waals surface area contributed by atoms with Crippen LogP contribution in [0.4, 0.5) is 0 Å². The molecule has 0 amide bonds. The fourth-order valence-corrected chi connectivity index (χ4v) is 8.21. The molecule has 0 fully saturated rings. The van der Waals surface area contributed by atoms with E-state index >= 15 is 0 Å². The van der Waals surface area contributed by atoms with Crippen LogP contribution in [0.2, 0.25) is 0 Å². The molecule has 64 heavy (non-hydrogen) atoms. The average molecular weight is 859 g/mol. The normalized spacial score (nSPS) is 13.4. The van der Waals surface area contributed by atoms with Crippen molar-refractivity contribution < 1.29 is 18.9 Å². The van der Waals surface area contributed by atoms with Crippen LogP contribution in [0.5, 0.6) is 11.5 Å². The lowest BCUT2D eigenvalue weighted by atomic mass is 9.78. The van der Waals surface area contributed by atoms with Crippen LogP contribution in [0.3, 0.4) is 0 Å². The van der Waals surface area contributed by atoms with Crippen LogP contribution in [0, 0.1) is 0 Å². The number of hydrogen-bond donors (Lipinski definition) is 0. The summed E-state index contributed by atoms with van der Waals surface area (Å²) in [6.45, 7) is 28.3. The highest BCUT2D eigenvalue weighted by Gasteiger charge is 2.29. The van der Waals surface area contributed by atoms with E-state index in [-0.39, 0.29) is 33.9 Å². The van der Waals surface area contributed by atoms with Gasteiger partial charge in [0.05, 0.1) is 12.2 Å². The third-order valence-electron chi connectivity index (χ3n) is 12.5. The quantitative estimate of drug-likeness (QED) is 0.103. The molecule has 6 aromatic rings. The lowest BCUT2D eigenvalue weighted by molar-refractivity contribution is -0.0351. The van der Waals surface area contributed by atoms with Crippen molar-refractivity contribution >= 4 is 0 Å². The molecule has 0 saturated carbocycles. The molecular weight excluding hydrogens is 785 g/mol. The van der Waals surface area contributed by atoms with Gasteiger partial charge < -0.3 is 18.9 Å². The highest BCUT2D eigenvalue weighted by Crippen LogP contribution is 2.42. The van der Waals surface area contributed by atoms with Gasteiger partial charge in [0.15, 0.2) is 0 Å². The Morgan fingerprint density at radius 2 is 0.688 bits per heavy atom. The monoisotopic (exact) mass is 859 g/mol. The summed E-state index contributed by atoms with van der Waals surface area (Å²) in [5.41, 5.74) is 13.9. The maximum Gasteiger partial charge on any atom is 0.130 e. The van der Waals surface area contributed by atoms with E-state index in [1.54, 1.807) is 14.2 Å². The first-order valence-corrected chi connectivity index (χ1v) is 23.1. The maximum absolute atomic E-state index is 6.95. The van der Waals surface area contributed by atoms with Crippen LogP contribution < -0.4 is 9.47 Å². The summed E-state index contributed by atoms with van der Waals surface area (Å²) >= 11 is 0. The Morgan fingerprint density at radius 3 is 0.969 bits per heavy atom. The van der Waals surface area contributed by atoms with Gasteiger partial charge in [0, 0.05) is 38.2 Å². The van der Waals surface area contributed by atoms with Gasteiger partial charge in [-0.2, -0.15) is 0 Å². The van der Waals surface area contributed by atoms with Crippen molar-refractivity contribution in [3.05, 3.63) is 178 Å². The summed E-state index contributed by atoms with van der Waals surface area (Å²) in [6, 6.07) is 48.1. The zero-order chi connectivity index (χ0) is 46.5. The van der Waals surface area contributed by atoms with E-state index in [1.165, 1.54) is 22.3 Å². The van der Waals surface area contributed by atoms with Gasteiger partial charge in [-0.3, -0.25) is 0 Å². The van der Waals surface area contributed by atoms with Crippen LogP contribution in [0.1, 0.15) is 128 Å². The predicted molar refractivity (Wildman–Crippen MR) is 269 cm³/mol. The second-order valence-corrected chi connectivity index (χ2v) is 21.7. The SMILES string of the molecule is CO[C@H](Cc1cccc(-c2cc(C(C)(C)C)cc(C(C)(C)C)c2)c1OCc1ccccc1)[C@@H](Cc1cccc(-c2cc(C(C)(C)C)cc(C(C)(C)C)c2)c1OCc1ccccc1)OC. The highest BCUT2D eigenvalue weighted by atomic mass is 16.5. The molecule has 0 heterocycles. The van der Waals surface area contributed by atoms with Gasteiger partial charge in [-0.1, -0.05) is 217 Å². The lowest BCUT2D eigenvalue weighted by Gasteiger charge is -2.29. The Morgan fingerprint density at radius 1 is 0.375 bits per heavy atom. The molecule has 6 aromatic carbocycles. The van der Waals surface area contributed by atoms with Gasteiger partial charge in [-0.25, -0.2) is 0 Å². The van der Waals surface area contributed by atoms with E-state index in [9.17, 15) is 0 Å². The van der Waals surface area contributed by atoms with Gasteiger partial charge in [-0.05, 0) is 77.3 Å². The molecule has 0 aliphatic heterocycles. The summed E-state index contributed by atoms with van der Waals surface area (Å²) in [5, 5.41) is 0. The van der Waals surface area contributed by atoms with Gasteiger partial charge in [-0.15, -0.1) is 0 Å². The molecule has 0 aromatic heterocycles. The third-order valence-corrected chi connectivity index (χ3v) is 12.5. The molecule has 0 unspecified atom stereocenters. The van der Waals surface area contributed by atoms with Crippen LogP contribution in [0.25, 0.3) is 22.3 Å². The standard InChI is InChI=1S/C60H74O4/c1-57(2,3)47-31-45(32-48(37-47)58(4,5)6)51-29-21-27-43(55(51)63-39-41-23-17-15-18-24-41)35-53(61-13)54(62-14)36-44-28-22-30-52(56(44)64-40-42-25-19-16-20-26-42)46-33-49(59(7,8)9)38-50(34-46)60(10,11)12/h15-34,37-38,53-54H,35-36,39-40H2,1-14H3/t53-,54-/m1/s1. The van der Waals surface area contributed by atoms with Gasteiger partial charge in [0.1, 0.15) is 24.7 Å². The van der Waals surface area contributed by atoms with Crippen LogP contribution in [0.15, 0.2) is 133 Å². The molecule has 338 valence electrons. The minimum atomic E-state index is -0.298. The summed E-state index contributed by atoms with van der Waals surface area (Å²) in [5.74, 6) is 1.74. The van der Waals surface area contributed by atoms with Crippen molar-refractivity contribution in [1.29, 1.82) is 0 Å². The number of benzene rings is 6. The molecule has 6 rings (SSSR count). The van der Waals surface area contributed by atoms with Gasteiger partial charge in [0.25, 0.3) is 0 Å². The Kier molecular flexibility index (Phi) is 15.0.